The summed E-state index contributed by atoms with van der Waals surface area (Å²) >= 11 is 6.10. The van der Waals surface area contributed by atoms with Gasteiger partial charge in [0.1, 0.15) is 10.6 Å². The van der Waals surface area contributed by atoms with Crippen molar-refractivity contribution in [2.75, 3.05) is 13.4 Å². The van der Waals surface area contributed by atoms with Crippen LogP contribution in [0, 0.1) is 0 Å². The topological polar surface area (TPSA) is 82.3 Å². The molecular formula is C19H17ClN2O4S. The molecule has 3 rings (SSSR count). The van der Waals surface area contributed by atoms with E-state index in [4.69, 9.17) is 20.9 Å². The Morgan fingerprint density at radius 2 is 1.96 bits per heavy atom. The van der Waals surface area contributed by atoms with Gasteiger partial charge in [-0.1, -0.05) is 41.0 Å². The highest BCUT2D eigenvalue weighted by atomic mass is 35.5. The quantitative estimate of drug-likeness (QED) is 0.619. The average molecular weight is 405 g/mol. The fraction of sp³-hybridized carbons (Fsp3) is 0.158. The van der Waals surface area contributed by atoms with Crippen LogP contribution in [0.4, 0.5) is 0 Å². The summed E-state index contributed by atoms with van der Waals surface area (Å²) in [6.45, 7) is 0. The Hall–Kier alpha value is -2.64. The molecule has 0 unspecified atom stereocenters. The molecule has 8 heteroatoms. The SMILES string of the molecule is COc1cc(Cc2noc(/C=C/c3ccccc3Cl)n2)ccc1S(C)(=O)=O. The van der Waals surface area contributed by atoms with Crippen molar-refractivity contribution in [3.8, 4) is 5.75 Å². The van der Waals surface area contributed by atoms with Gasteiger partial charge in [0.25, 0.3) is 5.89 Å². The number of nitrogens with zero attached hydrogens (tertiary/aromatic N) is 2. The number of benzene rings is 2. The van der Waals surface area contributed by atoms with Gasteiger partial charge in [0.15, 0.2) is 15.7 Å². The van der Waals surface area contributed by atoms with E-state index in [0.29, 0.717) is 23.2 Å². The average Bonchev–Trinajstić information content (AvgIpc) is 3.07. The number of ether oxygens (including phenoxy) is 1. The number of methoxy groups -OCH3 is 1. The van der Waals surface area contributed by atoms with Crippen LogP contribution in [0.5, 0.6) is 5.75 Å². The van der Waals surface area contributed by atoms with E-state index in [-0.39, 0.29) is 10.6 Å². The summed E-state index contributed by atoms with van der Waals surface area (Å²) < 4.78 is 33.9. The van der Waals surface area contributed by atoms with Crippen molar-refractivity contribution in [3.63, 3.8) is 0 Å². The van der Waals surface area contributed by atoms with Crippen molar-refractivity contribution in [1.82, 2.24) is 10.1 Å². The van der Waals surface area contributed by atoms with Crippen molar-refractivity contribution in [1.29, 1.82) is 0 Å². The molecule has 140 valence electrons. The zero-order valence-electron chi connectivity index (χ0n) is 14.7. The lowest BCUT2D eigenvalue weighted by Gasteiger charge is -2.08. The normalized spacial score (nSPS) is 11.8. The van der Waals surface area contributed by atoms with Gasteiger partial charge in [0.2, 0.25) is 0 Å². The van der Waals surface area contributed by atoms with Crippen LogP contribution >= 0.6 is 11.6 Å². The van der Waals surface area contributed by atoms with Crippen molar-refractivity contribution < 1.29 is 17.7 Å². The molecule has 0 bridgehead atoms. The number of sulfone groups is 1. The molecule has 0 aliphatic carbocycles. The lowest BCUT2D eigenvalue weighted by atomic mass is 10.1. The van der Waals surface area contributed by atoms with E-state index in [9.17, 15) is 8.42 Å². The third kappa shape index (κ3) is 4.75. The van der Waals surface area contributed by atoms with E-state index in [2.05, 4.69) is 10.1 Å². The Morgan fingerprint density at radius 1 is 1.19 bits per heavy atom. The maximum absolute atomic E-state index is 11.8. The molecule has 0 atom stereocenters. The third-order valence-electron chi connectivity index (χ3n) is 3.78. The van der Waals surface area contributed by atoms with Crippen molar-refractivity contribution in [2.24, 2.45) is 0 Å². The molecule has 0 aliphatic heterocycles. The minimum absolute atomic E-state index is 0.144. The molecule has 1 aromatic heterocycles. The van der Waals surface area contributed by atoms with E-state index in [1.807, 2.05) is 18.2 Å². The van der Waals surface area contributed by atoms with Crippen LogP contribution in [0.3, 0.4) is 0 Å². The minimum atomic E-state index is -3.36. The Kier molecular flexibility index (Phi) is 5.62. The predicted octanol–water partition coefficient (Wildman–Crippen LogP) is 3.90. The van der Waals surface area contributed by atoms with Crippen molar-refractivity contribution >= 4 is 33.6 Å². The fourth-order valence-corrected chi connectivity index (χ4v) is 3.51. The molecular weight excluding hydrogens is 388 g/mol. The second-order valence-corrected chi connectivity index (χ2v) is 8.23. The molecule has 0 amide bonds. The van der Waals surface area contributed by atoms with Gasteiger partial charge in [-0.2, -0.15) is 4.98 Å². The van der Waals surface area contributed by atoms with E-state index in [0.717, 1.165) is 17.4 Å². The van der Waals surface area contributed by atoms with Crippen LogP contribution in [-0.2, 0) is 16.3 Å². The second kappa shape index (κ2) is 7.94. The van der Waals surface area contributed by atoms with E-state index < -0.39 is 9.84 Å². The lowest BCUT2D eigenvalue weighted by Crippen LogP contribution is -2.02. The first-order chi connectivity index (χ1) is 12.9. The van der Waals surface area contributed by atoms with Gasteiger partial charge in [-0.15, -0.1) is 0 Å². The summed E-state index contributed by atoms with van der Waals surface area (Å²) in [7, 11) is -1.93. The molecule has 27 heavy (non-hydrogen) atoms. The maximum atomic E-state index is 11.8. The highest BCUT2D eigenvalue weighted by Gasteiger charge is 2.15. The van der Waals surface area contributed by atoms with Crippen LogP contribution in [-0.4, -0.2) is 31.9 Å². The third-order valence-corrected chi connectivity index (χ3v) is 5.26. The lowest BCUT2D eigenvalue weighted by molar-refractivity contribution is 0.401. The van der Waals surface area contributed by atoms with Crippen LogP contribution in [0.15, 0.2) is 51.9 Å². The van der Waals surface area contributed by atoms with E-state index >= 15 is 0 Å². The summed E-state index contributed by atoms with van der Waals surface area (Å²) in [4.78, 5) is 4.45. The maximum Gasteiger partial charge on any atom is 0.250 e. The van der Waals surface area contributed by atoms with Gasteiger partial charge in [-0.25, -0.2) is 8.42 Å². The molecule has 3 aromatic rings. The highest BCUT2D eigenvalue weighted by Crippen LogP contribution is 2.26. The predicted molar refractivity (Wildman–Crippen MR) is 104 cm³/mol. The molecule has 0 saturated heterocycles. The number of aromatic nitrogens is 2. The summed E-state index contributed by atoms with van der Waals surface area (Å²) in [6.07, 6.45) is 5.00. The molecule has 2 aromatic carbocycles. The summed E-state index contributed by atoms with van der Waals surface area (Å²) in [5, 5.41) is 4.57. The molecule has 0 aliphatic rings. The molecule has 0 spiro atoms. The number of halogens is 1. The van der Waals surface area contributed by atoms with Gasteiger partial charge in [0, 0.05) is 23.8 Å². The zero-order valence-corrected chi connectivity index (χ0v) is 16.3. The first kappa shape index (κ1) is 19.1. The first-order valence-corrected chi connectivity index (χ1v) is 10.3. The summed E-state index contributed by atoms with van der Waals surface area (Å²) in [5.74, 6) is 1.12. The Balaban J connectivity index is 1.77. The first-order valence-electron chi connectivity index (χ1n) is 7.99. The zero-order chi connectivity index (χ0) is 19.4. The molecule has 0 radical (unpaired) electrons. The largest absolute Gasteiger partial charge is 0.495 e. The number of hydrogen-bond donors (Lipinski definition) is 0. The van der Waals surface area contributed by atoms with Gasteiger partial charge in [0.05, 0.1) is 7.11 Å². The van der Waals surface area contributed by atoms with Crippen molar-refractivity contribution in [3.05, 3.63) is 70.3 Å². The Morgan fingerprint density at radius 3 is 2.67 bits per heavy atom. The van der Waals surface area contributed by atoms with E-state index in [1.165, 1.54) is 13.2 Å². The smallest absolute Gasteiger partial charge is 0.250 e. The summed E-state index contributed by atoms with van der Waals surface area (Å²) in [5.41, 5.74) is 1.65. The van der Waals surface area contributed by atoms with Gasteiger partial charge in [-0.05, 0) is 35.4 Å². The molecule has 0 fully saturated rings. The number of rotatable bonds is 6. The summed E-state index contributed by atoms with van der Waals surface area (Å²) in [6, 6.07) is 12.3. The van der Waals surface area contributed by atoms with Crippen LogP contribution in [0.1, 0.15) is 22.8 Å². The van der Waals surface area contributed by atoms with Gasteiger partial charge >= 0.3 is 0 Å². The van der Waals surface area contributed by atoms with E-state index in [1.54, 1.807) is 30.4 Å². The van der Waals surface area contributed by atoms with Gasteiger partial charge < -0.3 is 9.26 Å². The molecule has 6 nitrogen and oxygen atoms in total. The van der Waals surface area contributed by atoms with Gasteiger partial charge in [-0.3, -0.25) is 0 Å². The highest BCUT2D eigenvalue weighted by molar-refractivity contribution is 7.90. The fourth-order valence-electron chi connectivity index (χ4n) is 2.49. The standard InChI is InChI=1S/C19H17ClN2O4S/c1-25-16-11-13(7-9-17(16)27(2,23)24)12-18-21-19(26-22-18)10-8-14-5-3-4-6-15(14)20/h3-11H,12H2,1-2H3/b10-8+. The van der Waals surface area contributed by atoms with Crippen LogP contribution in [0.2, 0.25) is 5.02 Å². The Bertz CT molecular complexity index is 1090. The molecule has 0 N–H and O–H groups in total. The molecule has 0 saturated carbocycles. The Labute approximate surface area is 162 Å². The molecule has 1 heterocycles. The van der Waals surface area contributed by atoms with Crippen LogP contribution < -0.4 is 4.74 Å². The monoisotopic (exact) mass is 404 g/mol. The minimum Gasteiger partial charge on any atom is -0.495 e. The van der Waals surface area contributed by atoms with Crippen molar-refractivity contribution in [2.45, 2.75) is 11.3 Å². The second-order valence-electron chi connectivity index (χ2n) is 5.84. The number of hydrogen-bond acceptors (Lipinski definition) is 6. The van der Waals surface area contributed by atoms with Crippen LogP contribution in [0.25, 0.3) is 12.2 Å².